The Kier molecular flexibility index (Phi) is 4.14. The molecule has 0 aliphatic rings. The van der Waals surface area contributed by atoms with Crippen LogP contribution in [-0.4, -0.2) is 12.9 Å². The number of rotatable bonds is 3. The van der Waals surface area contributed by atoms with Crippen molar-refractivity contribution in [1.82, 2.24) is 0 Å². The zero-order valence-corrected chi connectivity index (χ0v) is 11.7. The van der Waals surface area contributed by atoms with E-state index in [-0.39, 0.29) is 12.0 Å². The Labute approximate surface area is 105 Å². The molecule has 1 rings (SSSR count). The summed E-state index contributed by atoms with van der Waals surface area (Å²) >= 11 is 3.48. The Hall–Kier alpha value is -0.830. The molecule has 0 amide bonds. The average molecular weight is 285 g/mol. The minimum absolute atomic E-state index is 0.00718. The van der Waals surface area contributed by atoms with Gasteiger partial charge in [0.15, 0.2) is 6.29 Å². The molecule has 0 fully saturated rings. The summed E-state index contributed by atoms with van der Waals surface area (Å²) in [4.78, 5) is 10.4. The average Bonchev–Trinajstić information content (AvgIpc) is 2.14. The topological polar surface area (TPSA) is 26.3 Å². The van der Waals surface area contributed by atoms with Crippen LogP contribution in [0.3, 0.4) is 0 Å². The Morgan fingerprint density at radius 3 is 2.50 bits per heavy atom. The number of hydrogen-bond donors (Lipinski definition) is 0. The van der Waals surface area contributed by atoms with Crippen molar-refractivity contribution in [3.63, 3.8) is 0 Å². The van der Waals surface area contributed by atoms with Crippen molar-refractivity contribution in [2.75, 3.05) is 6.61 Å². The van der Waals surface area contributed by atoms with E-state index in [0.29, 0.717) is 0 Å². The molecule has 16 heavy (non-hydrogen) atoms. The van der Waals surface area contributed by atoms with E-state index in [4.69, 9.17) is 4.74 Å². The monoisotopic (exact) mass is 284 g/mol. The number of ether oxygens (including phenoxy) is 1. The van der Waals surface area contributed by atoms with E-state index in [1.165, 1.54) is 5.56 Å². The molecule has 0 bridgehead atoms. The van der Waals surface area contributed by atoms with Crippen molar-refractivity contribution in [2.24, 2.45) is 0 Å². The summed E-state index contributed by atoms with van der Waals surface area (Å²) in [5.41, 5.74) is 2.28. The first-order valence-corrected chi connectivity index (χ1v) is 6.02. The highest BCUT2D eigenvalue weighted by molar-refractivity contribution is 9.10. The number of aldehydes is 1. The molecule has 88 valence electrons. The maximum absolute atomic E-state index is 10.4. The predicted molar refractivity (Wildman–Crippen MR) is 69.1 cm³/mol. The van der Waals surface area contributed by atoms with E-state index >= 15 is 0 Å². The Morgan fingerprint density at radius 1 is 1.38 bits per heavy atom. The standard InChI is InChI=1S/C13H17BrO2/c1-9-7-10(13(2,3)4)12(11(14)8-9)16-6-5-15/h5,7-8H,6H2,1-4H3. The fraction of sp³-hybridized carbons (Fsp3) is 0.462. The summed E-state index contributed by atoms with van der Waals surface area (Å²) in [6.07, 6.45) is 0.763. The smallest absolute Gasteiger partial charge is 0.157 e. The summed E-state index contributed by atoms with van der Waals surface area (Å²) in [6, 6.07) is 4.10. The van der Waals surface area contributed by atoms with Crippen molar-refractivity contribution in [3.8, 4) is 5.75 Å². The summed E-state index contributed by atoms with van der Waals surface area (Å²) in [7, 11) is 0. The number of benzene rings is 1. The molecule has 3 heteroatoms. The summed E-state index contributed by atoms with van der Waals surface area (Å²) in [5.74, 6) is 0.769. The number of aryl methyl sites for hydroxylation is 1. The van der Waals surface area contributed by atoms with Crippen molar-refractivity contribution in [1.29, 1.82) is 0 Å². The van der Waals surface area contributed by atoms with E-state index in [9.17, 15) is 4.79 Å². The molecule has 2 nitrogen and oxygen atoms in total. The van der Waals surface area contributed by atoms with Crippen LogP contribution < -0.4 is 4.74 Å². The van der Waals surface area contributed by atoms with E-state index in [1.807, 2.05) is 13.0 Å². The highest BCUT2D eigenvalue weighted by atomic mass is 79.9. The van der Waals surface area contributed by atoms with Crippen LogP contribution in [0.1, 0.15) is 31.9 Å². The van der Waals surface area contributed by atoms with E-state index in [1.54, 1.807) is 0 Å². The molecule has 0 saturated heterocycles. The molecule has 0 radical (unpaired) electrons. The van der Waals surface area contributed by atoms with Crippen LogP contribution in [0.5, 0.6) is 5.75 Å². The quantitative estimate of drug-likeness (QED) is 0.793. The van der Waals surface area contributed by atoms with Gasteiger partial charge in [0.1, 0.15) is 12.4 Å². The number of carbonyl (C=O) groups excluding carboxylic acids is 1. The van der Waals surface area contributed by atoms with Crippen molar-refractivity contribution in [3.05, 3.63) is 27.7 Å². The van der Waals surface area contributed by atoms with Crippen LogP contribution >= 0.6 is 15.9 Å². The first-order valence-electron chi connectivity index (χ1n) is 5.23. The lowest BCUT2D eigenvalue weighted by Crippen LogP contribution is -2.15. The Balaban J connectivity index is 3.26. The van der Waals surface area contributed by atoms with Crippen LogP contribution in [0, 0.1) is 6.92 Å². The molecule has 0 saturated carbocycles. The summed E-state index contributed by atoms with van der Waals surface area (Å²) in [5, 5.41) is 0. The molecule has 0 aliphatic carbocycles. The van der Waals surface area contributed by atoms with Crippen LogP contribution in [0.25, 0.3) is 0 Å². The molecular formula is C13H17BrO2. The molecule has 1 aromatic carbocycles. The van der Waals surface area contributed by atoms with Gasteiger partial charge in [-0.25, -0.2) is 0 Å². The largest absolute Gasteiger partial charge is 0.485 e. The van der Waals surface area contributed by atoms with Gasteiger partial charge < -0.3 is 4.74 Å². The lowest BCUT2D eigenvalue weighted by Gasteiger charge is -2.24. The number of hydrogen-bond acceptors (Lipinski definition) is 2. The molecule has 1 aromatic rings. The van der Waals surface area contributed by atoms with Crippen LogP contribution in [0.4, 0.5) is 0 Å². The second-order valence-electron chi connectivity index (χ2n) is 4.85. The third-order valence-electron chi connectivity index (χ3n) is 2.29. The molecule has 0 N–H and O–H groups in total. The van der Waals surface area contributed by atoms with Gasteiger partial charge in [-0.3, -0.25) is 4.79 Å². The molecule has 0 spiro atoms. The zero-order chi connectivity index (χ0) is 12.3. The highest BCUT2D eigenvalue weighted by Crippen LogP contribution is 2.37. The first kappa shape index (κ1) is 13.2. The third kappa shape index (κ3) is 3.08. The van der Waals surface area contributed by atoms with Gasteiger partial charge in [0.05, 0.1) is 4.47 Å². The van der Waals surface area contributed by atoms with Crippen LogP contribution in [0.15, 0.2) is 16.6 Å². The van der Waals surface area contributed by atoms with Gasteiger partial charge >= 0.3 is 0 Å². The summed E-state index contributed by atoms with van der Waals surface area (Å²) in [6.45, 7) is 8.51. The molecular weight excluding hydrogens is 268 g/mol. The normalized spacial score (nSPS) is 11.3. The van der Waals surface area contributed by atoms with Gasteiger partial charge in [-0.15, -0.1) is 0 Å². The number of carbonyl (C=O) groups is 1. The second kappa shape index (κ2) is 5.00. The Morgan fingerprint density at radius 2 is 2.00 bits per heavy atom. The van der Waals surface area contributed by atoms with Crippen molar-refractivity contribution >= 4 is 22.2 Å². The molecule has 0 atom stereocenters. The second-order valence-corrected chi connectivity index (χ2v) is 5.71. The maximum Gasteiger partial charge on any atom is 0.157 e. The third-order valence-corrected chi connectivity index (χ3v) is 2.88. The molecule has 0 aromatic heterocycles. The lowest BCUT2D eigenvalue weighted by molar-refractivity contribution is -0.109. The van der Waals surface area contributed by atoms with Gasteiger partial charge in [0.2, 0.25) is 0 Å². The predicted octanol–water partition coefficient (Wildman–Crippen LogP) is 3.63. The van der Waals surface area contributed by atoms with Crippen molar-refractivity contribution < 1.29 is 9.53 Å². The minimum atomic E-state index is -0.00718. The van der Waals surface area contributed by atoms with Gasteiger partial charge in [0.25, 0.3) is 0 Å². The van der Waals surface area contributed by atoms with Crippen LogP contribution in [-0.2, 0) is 10.2 Å². The SMILES string of the molecule is Cc1cc(Br)c(OCC=O)c(C(C)(C)C)c1. The maximum atomic E-state index is 10.4. The fourth-order valence-corrected chi connectivity index (χ4v) is 2.24. The lowest BCUT2D eigenvalue weighted by atomic mass is 9.85. The first-order chi connectivity index (χ1) is 7.36. The van der Waals surface area contributed by atoms with E-state index in [2.05, 4.69) is 42.8 Å². The Bertz CT molecular complexity index is 392. The van der Waals surface area contributed by atoms with E-state index < -0.39 is 0 Å². The number of halogens is 1. The van der Waals surface area contributed by atoms with Gasteiger partial charge in [-0.1, -0.05) is 26.8 Å². The van der Waals surface area contributed by atoms with Gasteiger partial charge in [-0.2, -0.15) is 0 Å². The highest BCUT2D eigenvalue weighted by Gasteiger charge is 2.21. The molecule has 0 aliphatic heterocycles. The molecule has 0 heterocycles. The zero-order valence-electron chi connectivity index (χ0n) is 10.1. The van der Waals surface area contributed by atoms with E-state index in [0.717, 1.165) is 22.1 Å². The van der Waals surface area contributed by atoms with Gasteiger partial charge in [-0.05, 0) is 39.9 Å². The fourth-order valence-electron chi connectivity index (χ4n) is 1.55. The molecule has 0 unspecified atom stereocenters. The summed E-state index contributed by atoms with van der Waals surface area (Å²) < 4.78 is 6.39. The minimum Gasteiger partial charge on any atom is -0.485 e. The van der Waals surface area contributed by atoms with Crippen LogP contribution in [0.2, 0.25) is 0 Å². The van der Waals surface area contributed by atoms with Crippen molar-refractivity contribution in [2.45, 2.75) is 33.1 Å². The van der Waals surface area contributed by atoms with Gasteiger partial charge in [0, 0.05) is 5.56 Å².